The molecule has 26 heavy (non-hydrogen) atoms. The van der Waals surface area contributed by atoms with E-state index in [2.05, 4.69) is 67.9 Å². The van der Waals surface area contributed by atoms with Gasteiger partial charge in [-0.2, -0.15) is 5.10 Å². The third-order valence-corrected chi connectivity index (χ3v) is 5.05. The van der Waals surface area contributed by atoms with Crippen LogP contribution >= 0.6 is 0 Å². The molecule has 0 atom stereocenters. The average molecular weight is 356 g/mol. The van der Waals surface area contributed by atoms with Crippen LogP contribution in [0.1, 0.15) is 64.5 Å². The summed E-state index contributed by atoms with van der Waals surface area (Å²) < 4.78 is 8.02. The third-order valence-electron chi connectivity index (χ3n) is 5.05. The van der Waals surface area contributed by atoms with Crippen molar-refractivity contribution in [1.82, 2.24) is 14.7 Å². The molecule has 142 valence electrons. The van der Waals surface area contributed by atoms with Gasteiger partial charge in [0.15, 0.2) is 0 Å². The minimum Gasteiger partial charge on any atom is -0.491 e. The van der Waals surface area contributed by atoms with E-state index in [1.807, 2.05) is 0 Å². The molecule has 0 unspecified atom stereocenters. The van der Waals surface area contributed by atoms with Crippen molar-refractivity contribution in [2.24, 2.45) is 0 Å². The van der Waals surface area contributed by atoms with E-state index in [0.29, 0.717) is 6.04 Å². The molecule has 0 aliphatic heterocycles. The topological polar surface area (TPSA) is 30.3 Å². The lowest BCUT2D eigenvalue weighted by atomic mass is 10.1. The maximum atomic E-state index is 5.78. The molecular formula is C22H33N3O. The summed E-state index contributed by atoms with van der Waals surface area (Å²) in [5.74, 6) is 0.920. The quantitative estimate of drug-likeness (QED) is 0.644. The summed E-state index contributed by atoms with van der Waals surface area (Å²) in [4.78, 5) is 2.38. The highest BCUT2D eigenvalue weighted by atomic mass is 16.5. The molecule has 4 heteroatoms. The zero-order chi connectivity index (χ0) is 18.5. The van der Waals surface area contributed by atoms with Crippen molar-refractivity contribution in [3.63, 3.8) is 0 Å². The van der Waals surface area contributed by atoms with Crippen molar-refractivity contribution in [2.75, 3.05) is 13.6 Å². The first kappa shape index (κ1) is 19.0. The van der Waals surface area contributed by atoms with Crippen molar-refractivity contribution < 1.29 is 4.74 Å². The van der Waals surface area contributed by atoms with Crippen LogP contribution in [-0.2, 0) is 6.54 Å². The Hall–Kier alpha value is -1.81. The van der Waals surface area contributed by atoms with Gasteiger partial charge in [0.05, 0.1) is 17.8 Å². The van der Waals surface area contributed by atoms with Crippen molar-refractivity contribution >= 4 is 0 Å². The zero-order valence-electron chi connectivity index (χ0n) is 16.7. The Balaban J connectivity index is 1.87. The molecule has 3 rings (SSSR count). The monoisotopic (exact) mass is 355 g/mol. The van der Waals surface area contributed by atoms with Gasteiger partial charge in [0.2, 0.25) is 0 Å². The molecule has 0 amide bonds. The zero-order valence-corrected chi connectivity index (χ0v) is 16.7. The summed E-state index contributed by atoms with van der Waals surface area (Å²) in [6.07, 6.45) is 8.82. The molecule has 0 N–H and O–H groups in total. The van der Waals surface area contributed by atoms with E-state index >= 15 is 0 Å². The second-order valence-electron chi connectivity index (χ2n) is 7.85. The normalized spacial score (nSPS) is 15.3. The van der Waals surface area contributed by atoms with Crippen molar-refractivity contribution in [3.05, 3.63) is 36.0 Å². The first-order valence-electron chi connectivity index (χ1n) is 10.1. The lowest BCUT2D eigenvalue weighted by Crippen LogP contribution is -2.18. The van der Waals surface area contributed by atoms with E-state index in [-0.39, 0.29) is 6.10 Å². The van der Waals surface area contributed by atoms with Crippen LogP contribution in [0.5, 0.6) is 5.75 Å². The second-order valence-corrected chi connectivity index (χ2v) is 7.85. The van der Waals surface area contributed by atoms with Crippen LogP contribution in [0.25, 0.3) is 11.3 Å². The maximum absolute atomic E-state index is 5.78. The molecule has 0 radical (unpaired) electrons. The molecule has 4 nitrogen and oxygen atoms in total. The average Bonchev–Trinajstić information content (AvgIpc) is 3.25. The molecule has 1 aromatic carbocycles. The number of ether oxygens (including phenoxy) is 1. The summed E-state index contributed by atoms with van der Waals surface area (Å²) in [5.41, 5.74) is 3.62. The minimum absolute atomic E-state index is 0.195. The van der Waals surface area contributed by atoms with Gasteiger partial charge in [0.25, 0.3) is 0 Å². The van der Waals surface area contributed by atoms with Gasteiger partial charge in [-0.1, -0.05) is 19.8 Å². The molecule has 1 aliphatic carbocycles. The van der Waals surface area contributed by atoms with Gasteiger partial charge >= 0.3 is 0 Å². The molecule has 1 aliphatic rings. The first-order valence-corrected chi connectivity index (χ1v) is 10.1. The number of hydrogen-bond acceptors (Lipinski definition) is 3. The molecule has 0 spiro atoms. The fourth-order valence-corrected chi connectivity index (χ4v) is 3.86. The molecule has 1 heterocycles. The summed E-state index contributed by atoms with van der Waals surface area (Å²) in [6, 6.07) is 8.97. The number of rotatable bonds is 8. The summed E-state index contributed by atoms with van der Waals surface area (Å²) in [7, 11) is 2.19. The van der Waals surface area contributed by atoms with E-state index in [1.165, 1.54) is 43.2 Å². The van der Waals surface area contributed by atoms with Gasteiger partial charge in [-0.25, -0.2) is 0 Å². The fourth-order valence-electron chi connectivity index (χ4n) is 3.86. The molecule has 2 aromatic rings. The smallest absolute Gasteiger partial charge is 0.119 e. The predicted octanol–water partition coefficient (Wildman–Crippen LogP) is 5.29. The number of hydrogen-bond donors (Lipinski definition) is 0. The highest BCUT2D eigenvalue weighted by Crippen LogP contribution is 2.32. The van der Waals surface area contributed by atoms with Gasteiger partial charge in [0.1, 0.15) is 5.75 Å². The summed E-state index contributed by atoms with van der Waals surface area (Å²) in [6.45, 7) is 8.39. The third kappa shape index (κ3) is 4.67. The summed E-state index contributed by atoms with van der Waals surface area (Å²) >= 11 is 0. The Kier molecular flexibility index (Phi) is 6.36. The van der Waals surface area contributed by atoms with Gasteiger partial charge in [-0.15, -0.1) is 0 Å². The van der Waals surface area contributed by atoms with Gasteiger partial charge in [-0.3, -0.25) is 4.68 Å². The van der Waals surface area contributed by atoms with E-state index in [4.69, 9.17) is 9.84 Å². The largest absolute Gasteiger partial charge is 0.491 e. The van der Waals surface area contributed by atoms with Gasteiger partial charge < -0.3 is 9.64 Å². The van der Waals surface area contributed by atoms with E-state index in [0.717, 1.165) is 24.5 Å². The Bertz CT molecular complexity index is 684. The van der Waals surface area contributed by atoms with Crippen LogP contribution in [0.4, 0.5) is 0 Å². The SMILES string of the molecule is CCCN(C)Cc1cn(C2CCCC2)nc1-c1ccc(OC(C)C)cc1. The second kappa shape index (κ2) is 8.72. The van der Waals surface area contributed by atoms with Crippen LogP contribution in [0.2, 0.25) is 0 Å². The standard InChI is InChI=1S/C22H33N3O/c1-5-14-24(4)15-19-16-25(20-8-6-7-9-20)23-22(19)18-10-12-21(13-11-18)26-17(2)3/h10-13,16-17,20H,5-9,14-15H2,1-4H3. The van der Waals surface area contributed by atoms with E-state index < -0.39 is 0 Å². The summed E-state index contributed by atoms with van der Waals surface area (Å²) in [5, 5.41) is 5.02. The van der Waals surface area contributed by atoms with Crippen LogP contribution in [-0.4, -0.2) is 34.4 Å². The Morgan fingerprint density at radius 2 is 1.88 bits per heavy atom. The highest BCUT2D eigenvalue weighted by molar-refractivity contribution is 5.63. The maximum Gasteiger partial charge on any atom is 0.119 e. The predicted molar refractivity (Wildman–Crippen MR) is 108 cm³/mol. The molecule has 0 saturated heterocycles. The van der Waals surface area contributed by atoms with Crippen LogP contribution in [0, 0.1) is 0 Å². The molecule has 0 bridgehead atoms. The molecule has 1 saturated carbocycles. The Morgan fingerprint density at radius 3 is 2.50 bits per heavy atom. The minimum atomic E-state index is 0.195. The first-order chi connectivity index (χ1) is 12.6. The van der Waals surface area contributed by atoms with Crippen molar-refractivity contribution in [2.45, 2.75) is 71.6 Å². The van der Waals surface area contributed by atoms with Gasteiger partial charge in [0, 0.05) is 23.9 Å². The molecule has 1 aromatic heterocycles. The lowest BCUT2D eigenvalue weighted by molar-refractivity contribution is 0.242. The van der Waals surface area contributed by atoms with Crippen LogP contribution in [0.3, 0.4) is 0 Å². The molecule has 1 fully saturated rings. The highest BCUT2D eigenvalue weighted by Gasteiger charge is 2.21. The number of benzene rings is 1. The van der Waals surface area contributed by atoms with E-state index in [9.17, 15) is 0 Å². The lowest BCUT2D eigenvalue weighted by Gasteiger charge is -2.15. The number of nitrogens with zero attached hydrogens (tertiary/aromatic N) is 3. The Morgan fingerprint density at radius 1 is 1.19 bits per heavy atom. The van der Waals surface area contributed by atoms with Crippen LogP contribution in [0.15, 0.2) is 30.5 Å². The van der Waals surface area contributed by atoms with Crippen molar-refractivity contribution in [3.8, 4) is 17.0 Å². The fraction of sp³-hybridized carbons (Fsp3) is 0.591. The van der Waals surface area contributed by atoms with Gasteiger partial charge in [-0.05, 0) is 71.0 Å². The molecular weight excluding hydrogens is 322 g/mol. The van der Waals surface area contributed by atoms with Crippen molar-refractivity contribution in [1.29, 1.82) is 0 Å². The van der Waals surface area contributed by atoms with E-state index in [1.54, 1.807) is 0 Å². The van der Waals surface area contributed by atoms with Crippen LogP contribution < -0.4 is 4.74 Å². The number of aromatic nitrogens is 2. The Labute approximate surface area is 158 Å².